The van der Waals surface area contributed by atoms with E-state index in [1.54, 1.807) is 6.07 Å². The molecule has 0 radical (unpaired) electrons. The van der Waals surface area contributed by atoms with Crippen LogP contribution < -0.4 is 4.74 Å². The highest BCUT2D eigenvalue weighted by atomic mass is 79.9. The predicted octanol–water partition coefficient (Wildman–Crippen LogP) is 4.85. The van der Waals surface area contributed by atoms with Gasteiger partial charge in [-0.1, -0.05) is 23.7 Å². The molecule has 1 aromatic heterocycles. The van der Waals surface area contributed by atoms with Gasteiger partial charge in [-0.05, 0) is 39.7 Å². The molecule has 0 aliphatic carbocycles. The lowest BCUT2D eigenvalue weighted by atomic mass is 10.1. The summed E-state index contributed by atoms with van der Waals surface area (Å²) in [6, 6.07) is 7.55. The Morgan fingerprint density at radius 3 is 2.37 bits per heavy atom. The number of benzene rings is 1. The van der Waals surface area contributed by atoms with Crippen molar-refractivity contribution >= 4 is 38.9 Å². The van der Waals surface area contributed by atoms with Crippen LogP contribution in [0.1, 0.15) is 16.5 Å². The first kappa shape index (κ1) is 14.7. The van der Waals surface area contributed by atoms with Crippen LogP contribution in [-0.2, 0) is 0 Å². The second kappa shape index (κ2) is 6.17. The van der Waals surface area contributed by atoms with E-state index < -0.39 is 12.7 Å². The van der Waals surface area contributed by atoms with Gasteiger partial charge < -0.3 is 9.84 Å². The van der Waals surface area contributed by atoms with Crippen LogP contribution in [0.3, 0.4) is 0 Å². The fourth-order valence-corrected chi connectivity index (χ4v) is 3.24. The van der Waals surface area contributed by atoms with Crippen molar-refractivity contribution in [2.24, 2.45) is 0 Å². The van der Waals surface area contributed by atoms with E-state index in [0.29, 0.717) is 19.2 Å². The van der Waals surface area contributed by atoms with Crippen molar-refractivity contribution in [3.8, 4) is 5.75 Å². The number of halogens is 4. The molecule has 0 fully saturated rings. The van der Waals surface area contributed by atoms with E-state index in [2.05, 4.69) is 20.7 Å². The first-order valence-corrected chi connectivity index (χ1v) is 7.13. The Bertz CT molecular complexity index is 540. The summed E-state index contributed by atoms with van der Waals surface area (Å²) in [7, 11) is 0. The van der Waals surface area contributed by atoms with E-state index in [-0.39, 0.29) is 5.75 Å². The van der Waals surface area contributed by atoms with Crippen LogP contribution in [0.5, 0.6) is 5.75 Å². The van der Waals surface area contributed by atoms with E-state index in [9.17, 15) is 13.9 Å². The van der Waals surface area contributed by atoms with E-state index in [4.69, 9.17) is 11.6 Å². The first-order chi connectivity index (χ1) is 8.97. The van der Waals surface area contributed by atoms with Crippen LogP contribution in [0.15, 0.2) is 34.8 Å². The summed E-state index contributed by atoms with van der Waals surface area (Å²) in [6.07, 6.45) is -0.852. The molecular weight excluding hydrogens is 362 g/mol. The summed E-state index contributed by atoms with van der Waals surface area (Å²) in [5, 5.41) is 10.1. The zero-order valence-corrected chi connectivity index (χ0v) is 12.5. The summed E-state index contributed by atoms with van der Waals surface area (Å²) in [5.41, 5.74) is 0.576. The number of thiophene rings is 1. The van der Waals surface area contributed by atoms with Gasteiger partial charge >= 0.3 is 6.61 Å². The summed E-state index contributed by atoms with van der Waals surface area (Å²) < 4.78 is 29.5. The lowest BCUT2D eigenvalue weighted by molar-refractivity contribution is -0.0498. The normalized spacial score (nSPS) is 12.7. The Kier molecular flexibility index (Phi) is 4.78. The maximum atomic E-state index is 12.0. The molecule has 19 heavy (non-hydrogen) atoms. The molecule has 0 aliphatic rings. The first-order valence-electron chi connectivity index (χ1n) is 5.15. The van der Waals surface area contributed by atoms with Gasteiger partial charge in [0.05, 0.1) is 0 Å². The van der Waals surface area contributed by atoms with Crippen LogP contribution in [-0.4, -0.2) is 11.7 Å². The number of rotatable bonds is 4. The van der Waals surface area contributed by atoms with E-state index in [1.807, 2.05) is 0 Å². The summed E-state index contributed by atoms with van der Waals surface area (Å²) in [4.78, 5) is 0.666. The third kappa shape index (κ3) is 3.66. The third-order valence-electron chi connectivity index (χ3n) is 2.35. The van der Waals surface area contributed by atoms with Gasteiger partial charge in [0.15, 0.2) is 0 Å². The molecule has 0 spiro atoms. The highest BCUT2D eigenvalue weighted by molar-refractivity contribution is 9.10. The molecule has 1 unspecified atom stereocenters. The molecule has 0 saturated carbocycles. The number of hydrogen-bond acceptors (Lipinski definition) is 3. The van der Waals surface area contributed by atoms with Gasteiger partial charge in [-0.2, -0.15) is 8.78 Å². The number of alkyl halides is 2. The van der Waals surface area contributed by atoms with Crippen molar-refractivity contribution in [2.75, 3.05) is 0 Å². The summed E-state index contributed by atoms with van der Waals surface area (Å²) >= 11 is 10.4. The molecule has 0 saturated heterocycles. The fourth-order valence-electron chi connectivity index (χ4n) is 1.49. The van der Waals surface area contributed by atoms with Crippen molar-refractivity contribution in [2.45, 2.75) is 12.7 Å². The van der Waals surface area contributed by atoms with Gasteiger partial charge in [-0.25, -0.2) is 0 Å². The van der Waals surface area contributed by atoms with Crippen LogP contribution in [0.25, 0.3) is 0 Å². The number of aliphatic hydroxyl groups excluding tert-OH is 1. The zero-order valence-electron chi connectivity index (χ0n) is 9.32. The molecule has 102 valence electrons. The average Bonchev–Trinajstić information content (AvgIpc) is 2.69. The number of hydrogen-bond donors (Lipinski definition) is 1. The minimum absolute atomic E-state index is 0.0522. The summed E-state index contributed by atoms with van der Waals surface area (Å²) in [6.45, 7) is -2.86. The molecule has 0 amide bonds. The molecule has 2 nitrogen and oxygen atoms in total. The van der Waals surface area contributed by atoms with Crippen LogP contribution in [0.4, 0.5) is 8.78 Å². The molecule has 1 N–H and O–H groups in total. The molecule has 7 heteroatoms. The SMILES string of the molecule is OC(c1ccc(OC(F)F)cc1)c1cc(Br)c(Cl)s1. The van der Waals surface area contributed by atoms with Crippen LogP contribution in [0, 0.1) is 0 Å². The van der Waals surface area contributed by atoms with Gasteiger partial charge in [0.25, 0.3) is 0 Å². The Labute approximate surface area is 125 Å². The summed E-state index contributed by atoms with van der Waals surface area (Å²) in [5.74, 6) is 0.0522. The molecule has 1 aromatic carbocycles. The molecule has 0 bridgehead atoms. The second-order valence-corrected chi connectivity index (χ2v) is 6.16. The van der Waals surface area contributed by atoms with Crippen molar-refractivity contribution < 1.29 is 18.6 Å². The number of aliphatic hydroxyl groups is 1. The Hall–Kier alpha value is -0.690. The standard InChI is InChI=1S/C12H8BrClF2O2S/c13-8-5-9(19-11(8)14)10(17)6-1-3-7(4-2-6)18-12(15)16/h1-5,10,12,17H. The van der Waals surface area contributed by atoms with Gasteiger partial charge in [0, 0.05) is 9.35 Å². The Balaban J connectivity index is 2.17. The fraction of sp³-hybridized carbons (Fsp3) is 0.167. The highest BCUT2D eigenvalue weighted by Gasteiger charge is 2.15. The maximum Gasteiger partial charge on any atom is 0.387 e. The van der Waals surface area contributed by atoms with E-state index >= 15 is 0 Å². The molecule has 2 aromatic rings. The smallest absolute Gasteiger partial charge is 0.387 e. The lowest BCUT2D eigenvalue weighted by Gasteiger charge is -2.10. The van der Waals surface area contributed by atoms with Gasteiger partial charge in [0.1, 0.15) is 16.2 Å². The predicted molar refractivity (Wildman–Crippen MR) is 74.2 cm³/mol. The average molecular weight is 370 g/mol. The quantitative estimate of drug-likeness (QED) is 0.835. The second-order valence-electron chi connectivity index (χ2n) is 3.62. The monoisotopic (exact) mass is 368 g/mol. The van der Waals surface area contributed by atoms with E-state index in [0.717, 1.165) is 0 Å². The van der Waals surface area contributed by atoms with Crippen LogP contribution >= 0.6 is 38.9 Å². The van der Waals surface area contributed by atoms with Crippen molar-refractivity contribution in [1.82, 2.24) is 0 Å². The minimum Gasteiger partial charge on any atom is -0.435 e. The minimum atomic E-state index is -2.86. The highest BCUT2D eigenvalue weighted by Crippen LogP contribution is 2.37. The Morgan fingerprint density at radius 2 is 1.89 bits per heavy atom. The lowest BCUT2D eigenvalue weighted by Crippen LogP contribution is -2.02. The van der Waals surface area contributed by atoms with Gasteiger partial charge in [-0.3, -0.25) is 0 Å². The topological polar surface area (TPSA) is 29.5 Å². The molecule has 0 aliphatic heterocycles. The van der Waals surface area contributed by atoms with Gasteiger partial charge in [-0.15, -0.1) is 11.3 Å². The maximum absolute atomic E-state index is 12.0. The molecule has 1 atom stereocenters. The van der Waals surface area contributed by atoms with Crippen molar-refractivity contribution in [3.05, 3.63) is 49.6 Å². The Morgan fingerprint density at radius 1 is 1.26 bits per heavy atom. The molecule has 1 heterocycles. The van der Waals surface area contributed by atoms with E-state index in [1.165, 1.54) is 35.6 Å². The van der Waals surface area contributed by atoms with Crippen molar-refractivity contribution in [1.29, 1.82) is 0 Å². The molecular formula is C12H8BrClF2O2S. The largest absolute Gasteiger partial charge is 0.435 e. The van der Waals surface area contributed by atoms with Crippen molar-refractivity contribution in [3.63, 3.8) is 0 Å². The third-order valence-corrected chi connectivity index (χ3v) is 4.88. The number of ether oxygens (including phenoxy) is 1. The molecule has 2 rings (SSSR count). The van der Waals surface area contributed by atoms with Crippen LogP contribution in [0.2, 0.25) is 4.34 Å². The van der Waals surface area contributed by atoms with Gasteiger partial charge in [0.2, 0.25) is 0 Å². The zero-order chi connectivity index (χ0) is 14.0.